The first-order chi connectivity index (χ1) is 9.91. The molecule has 0 unspecified atom stereocenters. The molecule has 6 heteroatoms. The fourth-order valence-electron chi connectivity index (χ4n) is 1.83. The van der Waals surface area contributed by atoms with Crippen molar-refractivity contribution in [3.8, 4) is 5.75 Å². The molecule has 0 heterocycles. The highest BCUT2D eigenvalue weighted by molar-refractivity contribution is 5.97. The lowest BCUT2D eigenvalue weighted by atomic mass is 9.99. The summed E-state index contributed by atoms with van der Waals surface area (Å²) in [5.74, 6) is -0.827. The number of carboxylic acid groups (broad SMARTS) is 1. The number of carboxylic acids is 1. The van der Waals surface area contributed by atoms with Crippen LogP contribution in [0.15, 0.2) is 24.3 Å². The van der Waals surface area contributed by atoms with Crippen molar-refractivity contribution in [1.29, 1.82) is 0 Å². The maximum atomic E-state index is 12.2. The summed E-state index contributed by atoms with van der Waals surface area (Å²) in [6.45, 7) is 3.33. The lowest BCUT2D eigenvalue weighted by molar-refractivity contribution is -0.139. The Morgan fingerprint density at radius 1 is 1.29 bits per heavy atom. The smallest absolute Gasteiger partial charge is 0.341 e. The maximum Gasteiger partial charge on any atom is 0.341 e. The molecular weight excluding hydrogens is 274 g/mol. The zero-order chi connectivity index (χ0) is 15.9. The predicted molar refractivity (Wildman–Crippen MR) is 78.5 cm³/mol. The molecule has 1 aromatic rings. The van der Waals surface area contributed by atoms with Crippen LogP contribution in [-0.2, 0) is 14.3 Å². The van der Waals surface area contributed by atoms with E-state index in [1.807, 2.05) is 6.92 Å². The predicted octanol–water partition coefficient (Wildman–Crippen LogP) is 2.29. The van der Waals surface area contributed by atoms with E-state index in [9.17, 15) is 9.59 Å². The van der Waals surface area contributed by atoms with Crippen LogP contribution in [0.2, 0.25) is 0 Å². The minimum Gasteiger partial charge on any atom is -0.482 e. The number of anilines is 1. The molecule has 1 rings (SSSR count). The van der Waals surface area contributed by atoms with Crippen molar-refractivity contribution >= 4 is 17.6 Å². The second-order valence-electron chi connectivity index (χ2n) is 4.85. The van der Waals surface area contributed by atoms with E-state index in [-0.39, 0.29) is 5.91 Å². The highest BCUT2D eigenvalue weighted by Crippen LogP contribution is 2.21. The molecule has 0 aromatic heterocycles. The summed E-state index contributed by atoms with van der Waals surface area (Å²) >= 11 is 0. The maximum absolute atomic E-state index is 12.2. The number of ether oxygens (including phenoxy) is 2. The molecule has 21 heavy (non-hydrogen) atoms. The number of methoxy groups -OCH3 is 1. The Hall–Kier alpha value is -2.08. The molecule has 0 saturated carbocycles. The molecule has 1 amide bonds. The topological polar surface area (TPSA) is 84.9 Å². The summed E-state index contributed by atoms with van der Waals surface area (Å²) in [4.78, 5) is 22.6. The monoisotopic (exact) mass is 295 g/mol. The molecular formula is C15H21NO5. The minimum absolute atomic E-state index is 0.217. The van der Waals surface area contributed by atoms with Gasteiger partial charge in [0.2, 0.25) is 0 Å². The van der Waals surface area contributed by atoms with Crippen molar-refractivity contribution in [1.82, 2.24) is 0 Å². The number of nitrogens with one attached hydrogen (secondary N) is 1. The van der Waals surface area contributed by atoms with Gasteiger partial charge in [0, 0.05) is 12.8 Å². The summed E-state index contributed by atoms with van der Waals surface area (Å²) in [6, 6.07) is 6.50. The molecule has 0 bridgehead atoms. The first-order valence-electron chi connectivity index (χ1n) is 6.72. The van der Waals surface area contributed by atoms with Gasteiger partial charge in [-0.25, -0.2) is 4.79 Å². The molecule has 0 aliphatic carbocycles. The van der Waals surface area contributed by atoms with E-state index < -0.39 is 18.2 Å². The second-order valence-corrected chi connectivity index (χ2v) is 4.85. The van der Waals surface area contributed by atoms with Gasteiger partial charge in [-0.15, -0.1) is 0 Å². The van der Waals surface area contributed by atoms with E-state index in [4.69, 9.17) is 14.6 Å². The number of rotatable bonds is 8. The molecule has 1 aromatic carbocycles. The molecule has 2 N–H and O–H groups in total. The number of hydrogen-bond donors (Lipinski definition) is 2. The van der Waals surface area contributed by atoms with Gasteiger partial charge in [-0.1, -0.05) is 13.3 Å². The van der Waals surface area contributed by atoms with E-state index in [0.717, 1.165) is 6.42 Å². The third-order valence-corrected chi connectivity index (χ3v) is 3.13. The molecule has 0 saturated heterocycles. The summed E-state index contributed by atoms with van der Waals surface area (Å²) in [6.07, 6.45) is 1.45. The van der Waals surface area contributed by atoms with Gasteiger partial charge in [-0.3, -0.25) is 4.79 Å². The molecule has 0 aliphatic heterocycles. The van der Waals surface area contributed by atoms with E-state index in [2.05, 4.69) is 5.32 Å². The standard InChI is InChI=1S/C15H21NO5/c1-4-9-15(2,20-3)14(19)16-11-5-7-12(8-6-11)21-10-13(17)18/h5-8H,4,9-10H2,1-3H3,(H,16,19)(H,17,18)/t15-/m0/s1. The van der Waals surface area contributed by atoms with Gasteiger partial charge >= 0.3 is 5.97 Å². The van der Waals surface area contributed by atoms with Gasteiger partial charge in [0.25, 0.3) is 5.91 Å². The second kappa shape index (κ2) is 7.64. The highest BCUT2D eigenvalue weighted by atomic mass is 16.5. The van der Waals surface area contributed by atoms with Crippen LogP contribution in [-0.4, -0.2) is 36.3 Å². The lowest BCUT2D eigenvalue weighted by Crippen LogP contribution is -2.41. The Bertz CT molecular complexity index is 485. The molecule has 0 spiro atoms. The van der Waals surface area contributed by atoms with Gasteiger partial charge < -0.3 is 19.9 Å². The summed E-state index contributed by atoms with van der Waals surface area (Å²) in [5.41, 5.74) is -0.269. The molecule has 1 atom stereocenters. The normalized spacial score (nSPS) is 13.3. The lowest BCUT2D eigenvalue weighted by Gasteiger charge is -2.26. The number of aliphatic carboxylic acids is 1. The summed E-state index contributed by atoms with van der Waals surface area (Å²) in [7, 11) is 1.51. The van der Waals surface area contributed by atoms with Crippen LogP contribution in [0.5, 0.6) is 5.75 Å². The van der Waals surface area contributed by atoms with Crippen molar-refractivity contribution in [3.05, 3.63) is 24.3 Å². The molecule has 116 valence electrons. The zero-order valence-corrected chi connectivity index (χ0v) is 12.5. The molecule has 0 fully saturated rings. The van der Waals surface area contributed by atoms with Crippen molar-refractivity contribution < 1.29 is 24.2 Å². The average molecular weight is 295 g/mol. The van der Waals surface area contributed by atoms with Crippen molar-refractivity contribution in [3.63, 3.8) is 0 Å². The zero-order valence-electron chi connectivity index (χ0n) is 12.5. The average Bonchev–Trinajstić information content (AvgIpc) is 2.46. The summed E-state index contributed by atoms with van der Waals surface area (Å²) in [5, 5.41) is 11.3. The van der Waals surface area contributed by atoms with Crippen molar-refractivity contribution in [2.75, 3.05) is 19.0 Å². The third-order valence-electron chi connectivity index (χ3n) is 3.13. The minimum atomic E-state index is -1.04. The van der Waals surface area contributed by atoms with Gasteiger partial charge in [-0.2, -0.15) is 0 Å². The number of amides is 1. The molecule has 0 radical (unpaired) electrons. The number of carbonyl (C=O) groups excluding carboxylic acids is 1. The number of carbonyl (C=O) groups is 2. The van der Waals surface area contributed by atoms with Crippen LogP contribution < -0.4 is 10.1 Å². The van der Waals surface area contributed by atoms with Gasteiger partial charge in [-0.05, 0) is 37.6 Å². The highest BCUT2D eigenvalue weighted by Gasteiger charge is 2.31. The molecule has 6 nitrogen and oxygen atoms in total. The third kappa shape index (κ3) is 5.07. The van der Waals surface area contributed by atoms with E-state index in [1.165, 1.54) is 7.11 Å². The van der Waals surface area contributed by atoms with E-state index >= 15 is 0 Å². The van der Waals surface area contributed by atoms with Crippen LogP contribution >= 0.6 is 0 Å². The number of benzene rings is 1. The van der Waals surface area contributed by atoms with Crippen LogP contribution in [0.25, 0.3) is 0 Å². The van der Waals surface area contributed by atoms with Gasteiger partial charge in [0.15, 0.2) is 6.61 Å². The van der Waals surface area contributed by atoms with Crippen LogP contribution in [0, 0.1) is 0 Å². The van der Waals surface area contributed by atoms with Crippen LogP contribution in [0.1, 0.15) is 26.7 Å². The Kier molecular flexibility index (Phi) is 6.17. The molecule has 0 aliphatic rings. The quantitative estimate of drug-likeness (QED) is 0.768. The van der Waals surface area contributed by atoms with Crippen molar-refractivity contribution in [2.45, 2.75) is 32.3 Å². The number of hydrogen-bond acceptors (Lipinski definition) is 4. The Labute approximate surface area is 124 Å². The first-order valence-corrected chi connectivity index (χ1v) is 6.72. The summed E-state index contributed by atoms with van der Waals surface area (Å²) < 4.78 is 10.3. The van der Waals surface area contributed by atoms with Gasteiger partial charge in [0.1, 0.15) is 11.4 Å². The van der Waals surface area contributed by atoms with Gasteiger partial charge in [0.05, 0.1) is 0 Å². The Balaban J connectivity index is 2.66. The van der Waals surface area contributed by atoms with Crippen molar-refractivity contribution in [2.24, 2.45) is 0 Å². The Morgan fingerprint density at radius 2 is 1.90 bits per heavy atom. The van der Waals surface area contributed by atoms with Crippen LogP contribution in [0.3, 0.4) is 0 Å². The van der Waals surface area contributed by atoms with E-state index in [1.54, 1.807) is 31.2 Å². The fraction of sp³-hybridized carbons (Fsp3) is 0.467. The van der Waals surface area contributed by atoms with E-state index in [0.29, 0.717) is 17.9 Å². The first kappa shape index (κ1) is 17.0. The Morgan fingerprint density at radius 3 is 2.38 bits per heavy atom. The fourth-order valence-corrected chi connectivity index (χ4v) is 1.83. The SMILES string of the molecule is CCC[C@](C)(OC)C(=O)Nc1ccc(OCC(=O)O)cc1. The largest absolute Gasteiger partial charge is 0.482 e. The van der Waals surface area contributed by atoms with Crippen LogP contribution in [0.4, 0.5) is 5.69 Å².